The number of carbonyl (C=O) groups excluding carboxylic acids is 1. The Labute approximate surface area is 189 Å². The average Bonchev–Trinajstić information content (AvgIpc) is 3.23. The summed E-state index contributed by atoms with van der Waals surface area (Å²) in [7, 11) is 0. The van der Waals surface area contributed by atoms with Gasteiger partial charge in [-0.1, -0.05) is 35.9 Å². The largest absolute Gasteiger partial charge is 0.328 e. The molecular weight excluding hydrogens is 426 g/mol. The van der Waals surface area contributed by atoms with Crippen LogP contribution in [0.1, 0.15) is 18.5 Å². The molecule has 9 heteroatoms. The molecule has 4 heterocycles. The number of nitrogens with one attached hydrogen (secondary N) is 2. The average molecular weight is 444 g/mol. The molecular formula is C23H18ClN7O. The number of anilines is 2. The number of aromatic nitrogens is 5. The monoisotopic (exact) mass is 443 g/mol. The number of rotatable bonds is 4. The first-order chi connectivity index (χ1) is 15.6. The van der Waals surface area contributed by atoms with Gasteiger partial charge < -0.3 is 10.6 Å². The highest BCUT2D eigenvalue weighted by Gasteiger charge is 2.34. The molecule has 1 aliphatic heterocycles. The zero-order valence-corrected chi connectivity index (χ0v) is 17.8. The van der Waals surface area contributed by atoms with Gasteiger partial charge in [0.15, 0.2) is 5.82 Å². The molecule has 4 aromatic rings. The van der Waals surface area contributed by atoms with Crippen LogP contribution in [0.4, 0.5) is 11.8 Å². The van der Waals surface area contributed by atoms with Gasteiger partial charge in [-0.25, -0.2) is 9.67 Å². The first kappa shape index (κ1) is 19.9. The standard InChI is InChI=1S/C23H18ClN7O/c1-14-19(22(32)28-18-10-4-5-12-26-18)20(15-7-6-11-25-13-15)31-23(27-14)29-21(30-31)16-8-2-3-9-17(16)24/h2-13,20H,1H3,(H,26,28,32)(H,27,29,30). The third-order valence-electron chi connectivity index (χ3n) is 5.12. The molecule has 0 fully saturated rings. The summed E-state index contributed by atoms with van der Waals surface area (Å²) >= 11 is 6.37. The smallest absolute Gasteiger partial charge is 0.257 e. The van der Waals surface area contributed by atoms with Gasteiger partial charge in [-0.3, -0.25) is 9.78 Å². The van der Waals surface area contributed by atoms with Crippen molar-refractivity contribution in [1.82, 2.24) is 24.7 Å². The Morgan fingerprint density at radius 1 is 1.09 bits per heavy atom. The van der Waals surface area contributed by atoms with Crippen molar-refractivity contribution >= 4 is 29.3 Å². The molecule has 158 valence electrons. The van der Waals surface area contributed by atoms with Gasteiger partial charge in [0.25, 0.3) is 5.91 Å². The van der Waals surface area contributed by atoms with Crippen LogP contribution in [0.25, 0.3) is 11.4 Å². The highest BCUT2D eigenvalue weighted by atomic mass is 35.5. The van der Waals surface area contributed by atoms with E-state index in [1.807, 2.05) is 43.3 Å². The molecule has 0 saturated heterocycles. The van der Waals surface area contributed by atoms with Gasteiger partial charge in [-0.05, 0) is 42.8 Å². The van der Waals surface area contributed by atoms with Gasteiger partial charge in [0.2, 0.25) is 5.95 Å². The summed E-state index contributed by atoms with van der Waals surface area (Å²) in [6.07, 6.45) is 5.03. The molecule has 1 unspecified atom stereocenters. The van der Waals surface area contributed by atoms with Gasteiger partial charge in [-0.15, -0.1) is 5.10 Å². The van der Waals surface area contributed by atoms with Crippen molar-refractivity contribution in [3.63, 3.8) is 0 Å². The summed E-state index contributed by atoms with van der Waals surface area (Å²) in [5.41, 5.74) is 2.67. The van der Waals surface area contributed by atoms with E-state index in [-0.39, 0.29) is 5.91 Å². The lowest BCUT2D eigenvalue weighted by Crippen LogP contribution is -2.31. The van der Waals surface area contributed by atoms with Crippen molar-refractivity contribution in [2.45, 2.75) is 13.0 Å². The number of pyridine rings is 2. The Morgan fingerprint density at radius 3 is 2.69 bits per heavy atom. The second-order valence-corrected chi connectivity index (χ2v) is 7.61. The fraction of sp³-hybridized carbons (Fsp3) is 0.0870. The Morgan fingerprint density at radius 2 is 1.94 bits per heavy atom. The lowest BCUT2D eigenvalue weighted by molar-refractivity contribution is -0.113. The number of fused-ring (bicyclic) bond motifs is 1. The maximum absolute atomic E-state index is 13.4. The number of nitrogens with zero attached hydrogens (tertiary/aromatic N) is 5. The van der Waals surface area contributed by atoms with Crippen LogP contribution in [0, 0.1) is 0 Å². The Hall–Kier alpha value is -4.04. The van der Waals surface area contributed by atoms with Crippen LogP contribution in [-0.4, -0.2) is 30.6 Å². The first-order valence-corrected chi connectivity index (χ1v) is 10.3. The second kappa shape index (κ2) is 8.24. The third kappa shape index (κ3) is 3.61. The molecule has 0 spiro atoms. The van der Waals surface area contributed by atoms with Crippen LogP contribution < -0.4 is 10.6 Å². The van der Waals surface area contributed by atoms with E-state index in [9.17, 15) is 4.79 Å². The van der Waals surface area contributed by atoms with Crippen molar-refractivity contribution in [3.05, 3.63) is 95.0 Å². The van der Waals surface area contributed by atoms with E-state index >= 15 is 0 Å². The highest BCUT2D eigenvalue weighted by Crippen LogP contribution is 2.37. The van der Waals surface area contributed by atoms with Crippen molar-refractivity contribution in [1.29, 1.82) is 0 Å². The zero-order valence-electron chi connectivity index (χ0n) is 17.0. The number of amides is 1. The lowest BCUT2D eigenvalue weighted by Gasteiger charge is -2.28. The fourth-order valence-electron chi connectivity index (χ4n) is 3.67. The normalized spacial score (nSPS) is 15.1. The van der Waals surface area contributed by atoms with E-state index in [1.54, 1.807) is 41.5 Å². The van der Waals surface area contributed by atoms with Gasteiger partial charge in [0.1, 0.15) is 11.9 Å². The van der Waals surface area contributed by atoms with Crippen LogP contribution in [-0.2, 0) is 4.79 Å². The molecule has 32 heavy (non-hydrogen) atoms. The molecule has 2 N–H and O–H groups in total. The SMILES string of the molecule is CC1=C(C(=O)Nc2ccccn2)C(c2cccnc2)n2nc(-c3ccccc3Cl)nc2N1. The topological polar surface area (TPSA) is 97.6 Å². The van der Waals surface area contributed by atoms with Crippen molar-refractivity contribution in [2.75, 3.05) is 10.6 Å². The third-order valence-corrected chi connectivity index (χ3v) is 5.45. The maximum atomic E-state index is 13.4. The van der Waals surface area contributed by atoms with Crippen molar-refractivity contribution in [2.24, 2.45) is 0 Å². The number of hydrogen-bond donors (Lipinski definition) is 2. The molecule has 1 aromatic carbocycles. The predicted octanol–water partition coefficient (Wildman–Crippen LogP) is 4.32. The highest BCUT2D eigenvalue weighted by molar-refractivity contribution is 6.33. The van der Waals surface area contributed by atoms with E-state index < -0.39 is 6.04 Å². The van der Waals surface area contributed by atoms with E-state index in [0.717, 1.165) is 5.56 Å². The quantitative estimate of drug-likeness (QED) is 0.487. The van der Waals surface area contributed by atoms with E-state index in [4.69, 9.17) is 16.7 Å². The molecule has 1 atom stereocenters. The lowest BCUT2D eigenvalue weighted by atomic mass is 9.96. The van der Waals surface area contributed by atoms with E-state index in [2.05, 4.69) is 25.6 Å². The van der Waals surface area contributed by atoms with Crippen molar-refractivity contribution < 1.29 is 4.79 Å². The number of carbonyl (C=O) groups is 1. The predicted molar refractivity (Wildman–Crippen MR) is 122 cm³/mol. The van der Waals surface area contributed by atoms with Crippen LogP contribution in [0.2, 0.25) is 5.02 Å². The van der Waals surface area contributed by atoms with Crippen LogP contribution in [0.5, 0.6) is 0 Å². The zero-order chi connectivity index (χ0) is 22.1. The minimum absolute atomic E-state index is 0.289. The Balaban J connectivity index is 1.61. The summed E-state index contributed by atoms with van der Waals surface area (Å²) in [6.45, 7) is 1.84. The number of hydrogen-bond acceptors (Lipinski definition) is 6. The summed E-state index contributed by atoms with van der Waals surface area (Å²) in [6, 6.07) is 15.9. The van der Waals surface area contributed by atoms with Gasteiger partial charge in [-0.2, -0.15) is 4.98 Å². The van der Waals surface area contributed by atoms with E-state index in [0.29, 0.717) is 39.4 Å². The molecule has 3 aromatic heterocycles. The summed E-state index contributed by atoms with van der Waals surface area (Å²) in [5, 5.41) is 11.3. The molecule has 1 aliphatic rings. The Bertz CT molecular complexity index is 1320. The van der Waals surface area contributed by atoms with Crippen LogP contribution >= 0.6 is 11.6 Å². The van der Waals surface area contributed by atoms with Crippen LogP contribution in [0.15, 0.2) is 84.5 Å². The minimum atomic E-state index is -0.535. The minimum Gasteiger partial charge on any atom is -0.328 e. The van der Waals surface area contributed by atoms with Gasteiger partial charge in [0, 0.05) is 29.9 Å². The number of allylic oxidation sites excluding steroid dienone is 1. The van der Waals surface area contributed by atoms with Crippen LogP contribution in [0.3, 0.4) is 0 Å². The van der Waals surface area contributed by atoms with Gasteiger partial charge >= 0.3 is 0 Å². The van der Waals surface area contributed by atoms with E-state index in [1.165, 1.54) is 0 Å². The maximum Gasteiger partial charge on any atom is 0.257 e. The number of halogens is 1. The molecule has 0 saturated carbocycles. The molecule has 8 nitrogen and oxygen atoms in total. The summed E-state index contributed by atoms with van der Waals surface area (Å²) < 4.78 is 1.69. The Kier molecular flexibility index (Phi) is 5.12. The fourth-order valence-corrected chi connectivity index (χ4v) is 3.89. The first-order valence-electron chi connectivity index (χ1n) is 9.93. The molecule has 1 amide bonds. The number of benzene rings is 1. The summed E-state index contributed by atoms with van der Waals surface area (Å²) in [5.74, 6) is 1.15. The van der Waals surface area contributed by atoms with Crippen molar-refractivity contribution in [3.8, 4) is 11.4 Å². The van der Waals surface area contributed by atoms with Gasteiger partial charge in [0.05, 0.1) is 10.6 Å². The molecule has 0 bridgehead atoms. The molecule has 5 rings (SSSR count). The molecule has 0 radical (unpaired) electrons. The molecule has 0 aliphatic carbocycles. The summed E-state index contributed by atoms with van der Waals surface area (Å²) in [4.78, 5) is 26.4. The second-order valence-electron chi connectivity index (χ2n) is 7.21.